The fourth-order valence-electron chi connectivity index (χ4n) is 2.80. The minimum Gasteiger partial charge on any atom is -0.320 e. The van der Waals surface area contributed by atoms with Gasteiger partial charge in [-0.3, -0.25) is 4.79 Å². The third-order valence-electron chi connectivity index (χ3n) is 4.12. The van der Waals surface area contributed by atoms with Crippen molar-refractivity contribution in [3.05, 3.63) is 69.4 Å². The zero-order chi connectivity index (χ0) is 23.8. The summed E-state index contributed by atoms with van der Waals surface area (Å²) >= 11 is 9.14. The second-order valence-corrected chi connectivity index (χ2v) is 7.58. The molecule has 0 saturated carbocycles. The summed E-state index contributed by atoms with van der Waals surface area (Å²) in [4.78, 5) is 21.7. The van der Waals surface area contributed by atoms with Gasteiger partial charge in [0.25, 0.3) is 5.91 Å². The molecule has 4 aromatic rings. The first kappa shape index (κ1) is 22.4. The predicted octanol–water partition coefficient (Wildman–Crippen LogP) is 3.80. The average molecular weight is 539 g/mol. The number of carbonyl (C=O) groups is 1. The lowest BCUT2D eigenvalue weighted by Gasteiger charge is -2.13. The standard InChI is InChI=1S/C18H8BrClF3N9O/c19-10-4-13(20)16(25-6-10)31-14(18(21,22)23)12(8-29-31)17(33)30-11-3-9(5-24)15(26-7-11)32-27-1-2-28-32/h1-4,6-8H,(H,30,33). The lowest BCUT2D eigenvalue weighted by molar-refractivity contribution is -0.143. The number of alkyl halides is 3. The van der Waals surface area contributed by atoms with Gasteiger partial charge >= 0.3 is 6.18 Å². The van der Waals surface area contributed by atoms with Crippen molar-refractivity contribution in [3.8, 4) is 17.7 Å². The van der Waals surface area contributed by atoms with E-state index in [1.165, 1.54) is 30.7 Å². The minimum atomic E-state index is -4.97. The highest BCUT2D eigenvalue weighted by molar-refractivity contribution is 9.10. The van der Waals surface area contributed by atoms with Crippen LogP contribution in [0.15, 0.2) is 47.6 Å². The quantitative estimate of drug-likeness (QED) is 0.419. The van der Waals surface area contributed by atoms with Gasteiger partial charge in [-0.15, -0.1) is 4.80 Å². The summed E-state index contributed by atoms with van der Waals surface area (Å²) in [7, 11) is 0. The number of pyridine rings is 2. The highest BCUT2D eigenvalue weighted by atomic mass is 79.9. The summed E-state index contributed by atoms with van der Waals surface area (Å²) in [6.07, 6.45) is 0.935. The van der Waals surface area contributed by atoms with Crippen molar-refractivity contribution in [2.24, 2.45) is 0 Å². The first-order valence-electron chi connectivity index (χ1n) is 8.74. The van der Waals surface area contributed by atoms with Crippen LogP contribution in [0.1, 0.15) is 21.6 Å². The topological polar surface area (TPSA) is 127 Å². The van der Waals surface area contributed by atoms with Crippen LogP contribution in [0.2, 0.25) is 5.02 Å². The van der Waals surface area contributed by atoms with E-state index in [4.69, 9.17) is 11.6 Å². The van der Waals surface area contributed by atoms with Crippen molar-refractivity contribution < 1.29 is 18.0 Å². The summed E-state index contributed by atoms with van der Waals surface area (Å²) in [5.74, 6) is -1.35. The second-order valence-electron chi connectivity index (χ2n) is 6.25. The monoisotopic (exact) mass is 537 g/mol. The van der Waals surface area contributed by atoms with E-state index in [0.29, 0.717) is 9.15 Å². The lowest BCUT2D eigenvalue weighted by atomic mass is 10.2. The van der Waals surface area contributed by atoms with Gasteiger partial charge in [0.1, 0.15) is 11.6 Å². The van der Waals surface area contributed by atoms with Crippen molar-refractivity contribution in [2.75, 3.05) is 5.32 Å². The molecule has 0 aromatic carbocycles. The number of rotatable bonds is 4. The molecule has 0 aliphatic rings. The Balaban J connectivity index is 1.71. The van der Waals surface area contributed by atoms with Gasteiger partial charge in [0.2, 0.25) is 0 Å². The number of carbonyl (C=O) groups excluding carboxylic acids is 1. The third-order valence-corrected chi connectivity index (χ3v) is 4.84. The number of nitriles is 1. The van der Waals surface area contributed by atoms with Crippen LogP contribution in [0, 0.1) is 11.3 Å². The summed E-state index contributed by atoms with van der Waals surface area (Å²) in [6.45, 7) is 0. The minimum absolute atomic E-state index is 0.0124. The van der Waals surface area contributed by atoms with Crippen LogP contribution in [0.3, 0.4) is 0 Å². The second kappa shape index (κ2) is 8.60. The molecule has 33 heavy (non-hydrogen) atoms. The first-order valence-corrected chi connectivity index (χ1v) is 9.91. The number of halogens is 5. The molecule has 1 N–H and O–H groups in total. The lowest BCUT2D eigenvalue weighted by Crippen LogP contribution is -2.21. The first-order chi connectivity index (χ1) is 15.7. The number of hydrogen-bond donors (Lipinski definition) is 1. The molecule has 4 rings (SSSR count). The normalized spacial score (nSPS) is 11.3. The van der Waals surface area contributed by atoms with Gasteiger partial charge in [-0.25, -0.2) is 14.6 Å². The Hall–Kier alpha value is -3.83. The molecule has 4 heterocycles. The van der Waals surface area contributed by atoms with Crippen LogP contribution in [0.5, 0.6) is 0 Å². The van der Waals surface area contributed by atoms with Crippen LogP contribution in [-0.2, 0) is 6.18 Å². The Morgan fingerprint density at radius 1 is 1.09 bits per heavy atom. The van der Waals surface area contributed by atoms with E-state index in [1.54, 1.807) is 0 Å². The zero-order valence-electron chi connectivity index (χ0n) is 15.9. The number of hydrogen-bond acceptors (Lipinski definition) is 7. The van der Waals surface area contributed by atoms with E-state index >= 15 is 0 Å². The number of anilines is 1. The fourth-order valence-corrected chi connectivity index (χ4v) is 3.51. The molecule has 166 valence electrons. The summed E-state index contributed by atoms with van der Waals surface area (Å²) in [5.41, 5.74) is -2.18. The number of aromatic nitrogens is 7. The molecule has 0 unspecified atom stereocenters. The Morgan fingerprint density at radius 2 is 1.79 bits per heavy atom. The smallest absolute Gasteiger partial charge is 0.320 e. The fraction of sp³-hybridized carbons (Fsp3) is 0.0556. The summed E-state index contributed by atoms with van der Waals surface area (Å²) < 4.78 is 42.5. The number of amides is 1. The molecule has 0 radical (unpaired) electrons. The molecule has 0 fully saturated rings. The van der Waals surface area contributed by atoms with E-state index in [1.807, 2.05) is 6.07 Å². The molecule has 0 spiro atoms. The van der Waals surface area contributed by atoms with Crippen molar-refractivity contribution in [1.29, 1.82) is 5.26 Å². The van der Waals surface area contributed by atoms with Gasteiger partial charge in [0, 0.05) is 10.7 Å². The van der Waals surface area contributed by atoms with Gasteiger partial charge in [0.15, 0.2) is 17.3 Å². The van der Waals surface area contributed by atoms with Gasteiger partial charge in [-0.2, -0.15) is 33.7 Å². The van der Waals surface area contributed by atoms with Crippen LogP contribution < -0.4 is 5.32 Å². The molecule has 0 saturated heterocycles. The van der Waals surface area contributed by atoms with Gasteiger partial charge in [0.05, 0.1) is 41.1 Å². The van der Waals surface area contributed by atoms with Crippen LogP contribution in [0.25, 0.3) is 11.6 Å². The maximum absolute atomic E-state index is 13.9. The highest BCUT2D eigenvalue weighted by Crippen LogP contribution is 2.35. The van der Waals surface area contributed by atoms with E-state index in [9.17, 15) is 23.2 Å². The highest BCUT2D eigenvalue weighted by Gasteiger charge is 2.41. The maximum atomic E-state index is 13.9. The SMILES string of the molecule is N#Cc1cc(NC(=O)c2cnn(-c3ncc(Br)cc3Cl)c2C(F)(F)F)cnc1-n1nccn1. The molecule has 10 nitrogen and oxygen atoms in total. The zero-order valence-corrected chi connectivity index (χ0v) is 18.3. The Kier molecular flexibility index (Phi) is 5.83. The molecular weight excluding hydrogens is 531 g/mol. The largest absolute Gasteiger partial charge is 0.434 e. The van der Waals surface area contributed by atoms with Gasteiger partial charge in [-0.05, 0) is 28.1 Å². The summed E-state index contributed by atoms with van der Waals surface area (Å²) in [6, 6.07) is 4.45. The summed E-state index contributed by atoms with van der Waals surface area (Å²) in [5, 5.41) is 22.9. The van der Waals surface area contributed by atoms with Gasteiger partial charge in [-0.1, -0.05) is 11.6 Å². The molecule has 0 bridgehead atoms. The van der Waals surface area contributed by atoms with E-state index < -0.39 is 23.3 Å². The van der Waals surface area contributed by atoms with E-state index in [2.05, 4.69) is 46.5 Å². The Morgan fingerprint density at radius 3 is 2.42 bits per heavy atom. The number of nitrogens with one attached hydrogen (secondary N) is 1. The predicted molar refractivity (Wildman–Crippen MR) is 111 cm³/mol. The molecule has 1 amide bonds. The number of nitrogens with zero attached hydrogens (tertiary/aromatic N) is 8. The molecule has 4 aromatic heterocycles. The van der Waals surface area contributed by atoms with Crippen molar-refractivity contribution >= 4 is 39.1 Å². The van der Waals surface area contributed by atoms with Crippen LogP contribution in [0.4, 0.5) is 18.9 Å². The molecule has 15 heteroatoms. The van der Waals surface area contributed by atoms with Crippen LogP contribution >= 0.6 is 27.5 Å². The van der Waals surface area contributed by atoms with E-state index in [-0.39, 0.29) is 27.9 Å². The van der Waals surface area contributed by atoms with Crippen molar-refractivity contribution in [2.45, 2.75) is 6.18 Å². The molecular formula is C18H8BrClF3N9O. The molecule has 0 aliphatic carbocycles. The van der Waals surface area contributed by atoms with Crippen molar-refractivity contribution in [1.82, 2.24) is 34.7 Å². The van der Waals surface area contributed by atoms with E-state index in [0.717, 1.165) is 17.2 Å². The average Bonchev–Trinajstić information content (AvgIpc) is 3.43. The molecule has 0 atom stereocenters. The third kappa shape index (κ3) is 4.41. The Labute approximate surface area is 195 Å². The Bertz CT molecular complexity index is 1400. The maximum Gasteiger partial charge on any atom is 0.434 e. The molecule has 0 aliphatic heterocycles. The van der Waals surface area contributed by atoms with Crippen molar-refractivity contribution in [3.63, 3.8) is 0 Å². The van der Waals surface area contributed by atoms with Crippen LogP contribution in [-0.4, -0.2) is 40.6 Å². The van der Waals surface area contributed by atoms with Gasteiger partial charge < -0.3 is 5.32 Å².